The summed E-state index contributed by atoms with van der Waals surface area (Å²) in [4.78, 5) is 0. The molecule has 0 aromatic heterocycles. The molecule has 0 aromatic rings. The molecule has 2 N–H and O–H groups in total. The molecular formula is C10H21NO. The van der Waals surface area contributed by atoms with Crippen LogP contribution in [0.5, 0.6) is 0 Å². The average Bonchev–Trinajstić information content (AvgIpc) is 1.96. The van der Waals surface area contributed by atoms with Gasteiger partial charge in [0.05, 0.1) is 12.7 Å². The van der Waals surface area contributed by atoms with Crippen molar-refractivity contribution in [1.82, 2.24) is 0 Å². The summed E-state index contributed by atoms with van der Waals surface area (Å²) in [6.07, 6.45) is 1.13. The van der Waals surface area contributed by atoms with Gasteiger partial charge in [0.2, 0.25) is 0 Å². The Kier molecular flexibility index (Phi) is 6.03. The monoisotopic (exact) mass is 171 g/mol. The van der Waals surface area contributed by atoms with E-state index in [1.807, 2.05) is 6.92 Å². The molecule has 0 aliphatic heterocycles. The second-order valence-electron chi connectivity index (χ2n) is 3.60. The molecule has 0 heterocycles. The number of rotatable bonds is 6. The highest BCUT2D eigenvalue weighted by Crippen LogP contribution is 2.06. The first-order chi connectivity index (χ1) is 5.57. The molecule has 2 nitrogen and oxygen atoms in total. The van der Waals surface area contributed by atoms with Gasteiger partial charge in [-0.1, -0.05) is 19.4 Å². The molecule has 0 saturated heterocycles. The molecular weight excluding hydrogens is 150 g/mol. The Bertz CT molecular complexity index is 132. The van der Waals surface area contributed by atoms with Gasteiger partial charge in [0, 0.05) is 6.54 Å². The molecule has 72 valence electrons. The summed E-state index contributed by atoms with van der Waals surface area (Å²) in [7, 11) is 0. The lowest BCUT2D eigenvalue weighted by molar-refractivity contribution is 0.0306. The predicted octanol–water partition coefficient (Wildman–Crippen LogP) is 1.95. The zero-order valence-electron chi connectivity index (χ0n) is 8.47. The zero-order valence-corrected chi connectivity index (χ0v) is 8.47. The van der Waals surface area contributed by atoms with Gasteiger partial charge in [-0.25, -0.2) is 0 Å². The van der Waals surface area contributed by atoms with E-state index in [1.54, 1.807) is 0 Å². The van der Waals surface area contributed by atoms with Crippen molar-refractivity contribution in [2.24, 2.45) is 11.7 Å². The third kappa shape index (κ3) is 5.33. The second-order valence-corrected chi connectivity index (χ2v) is 3.60. The molecule has 0 radical (unpaired) electrons. The van der Waals surface area contributed by atoms with Gasteiger partial charge >= 0.3 is 0 Å². The molecule has 1 atom stereocenters. The van der Waals surface area contributed by atoms with Crippen molar-refractivity contribution in [1.29, 1.82) is 0 Å². The maximum atomic E-state index is 5.58. The molecule has 1 unspecified atom stereocenters. The van der Waals surface area contributed by atoms with Crippen LogP contribution in [0.2, 0.25) is 0 Å². The van der Waals surface area contributed by atoms with Gasteiger partial charge in [-0.15, -0.1) is 6.58 Å². The summed E-state index contributed by atoms with van der Waals surface area (Å²) < 4.78 is 5.58. The Morgan fingerprint density at radius 3 is 2.42 bits per heavy atom. The molecule has 0 aromatic carbocycles. The smallest absolute Gasteiger partial charge is 0.0720 e. The van der Waals surface area contributed by atoms with Gasteiger partial charge in [0.1, 0.15) is 0 Å². The van der Waals surface area contributed by atoms with E-state index in [2.05, 4.69) is 20.4 Å². The first-order valence-electron chi connectivity index (χ1n) is 4.54. The topological polar surface area (TPSA) is 35.2 Å². The zero-order chi connectivity index (χ0) is 9.56. The first-order valence-corrected chi connectivity index (χ1v) is 4.54. The number of hydrogen-bond acceptors (Lipinski definition) is 2. The molecule has 0 bridgehead atoms. The van der Waals surface area contributed by atoms with Crippen LogP contribution in [0, 0.1) is 5.92 Å². The minimum atomic E-state index is 0.198. The fourth-order valence-corrected chi connectivity index (χ4v) is 0.917. The van der Waals surface area contributed by atoms with Crippen molar-refractivity contribution in [3.8, 4) is 0 Å². The van der Waals surface area contributed by atoms with E-state index in [1.165, 1.54) is 0 Å². The standard InChI is InChI=1S/C10H21NO/c1-8(2)5-6-12-10(7-11)9(3)4/h9-10H,1,5-7,11H2,2-4H3. The Morgan fingerprint density at radius 2 is 2.08 bits per heavy atom. The largest absolute Gasteiger partial charge is 0.376 e. The molecule has 0 rings (SSSR count). The van der Waals surface area contributed by atoms with Gasteiger partial charge in [0.25, 0.3) is 0 Å². The van der Waals surface area contributed by atoms with E-state index in [4.69, 9.17) is 10.5 Å². The molecule has 12 heavy (non-hydrogen) atoms. The van der Waals surface area contributed by atoms with Crippen LogP contribution in [0.25, 0.3) is 0 Å². The second kappa shape index (κ2) is 6.21. The van der Waals surface area contributed by atoms with Crippen molar-refractivity contribution in [2.45, 2.75) is 33.3 Å². The SMILES string of the molecule is C=C(C)CCOC(CN)C(C)C. The number of ether oxygens (including phenoxy) is 1. The quantitative estimate of drug-likeness (QED) is 0.620. The highest BCUT2D eigenvalue weighted by molar-refractivity contribution is 4.87. The van der Waals surface area contributed by atoms with Crippen molar-refractivity contribution < 1.29 is 4.74 Å². The van der Waals surface area contributed by atoms with Crippen LogP contribution >= 0.6 is 0 Å². The summed E-state index contributed by atoms with van der Waals surface area (Å²) in [5, 5.41) is 0. The van der Waals surface area contributed by atoms with Crippen LogP contribution in [0.3, 0.4) is 0 Å². The highest BCUT2D eigenvalue weighted by atomic mass is 16.5. The normalized spacial score (nSPS) is 13.4. The summed E-state index contributed by atoms with van der Waals surface area (Å²) >= 11 is 0. The molecule has 0 saturated carbocycles. The lowest BCUT2D eigenvalue weighted by Gasteiger charge is -2.19. The fraction of sp³-hybridized carbons (Fsp3) is 0.800. The minimum absolute atomic E-state index is 0.198. The first kappa shape index (κ1) is 11.7. The lowest BCUT2D eigenvalue weighted by Crippen LogP contribution is -2.29. The fourth-order valence-electron chi connectivity index (χ4n) is 0.917. The summed E-state index contributed by atoms with van der Waals surface area (Å²) in [5.41, 5.74) is 6.70. The average molecular weight is 171 g/mol. The van der Waals surface area contributed by atoms with E-state index >= 15 is 0 Å². The van der Waals surface area contributed by atoms with Crippen LogP contribution in [0.1, 0.15) is 27.2 Å². The predicted molar refractivity (Wildman–Crippen MR) is 53.1 cm³/mol. The van der Waals surface area contributed by atoms with Crippen molar-refractivity contribution >= 4 is 0 Å². The summed E-state index contributed by atoms with van der Waals surface area (Å²) in [6, 6.07) is 0. The lowest BCUT2D eigenvalue weighted by atomic mass is 10.1. The van der Waals surface area contributed by atoms with Crippen molar-refractivity contribution in [3.63, 3.8) is 0 Å². The van der Waals surface area contributed by atoms with E-state index in [9.17, 15) is 0 Å². The maximum Gasteiger partial charge on any atom is 0.0720 e. The maximum absolute atomic E-state index is 5.58. The van der Waals surface area contributed by atoms with E-state index in [0.717, 1.165) is 18.6 Å². The van der Waals surface area contributed by atoms with Crippen LogP contribution in [-0.4, -0.2) is 19.3 Å². The van der Waals surface area contributed by atoms with Gasteiger partial charge in [-0.3, -0.25) is 0 Å². The number of hydrogen-bond donors (Lipinski definition) is 1. The molecule has 0 aliphatic rings. The van der Waals surface area contributed by atoms with Crippen molar-refractivity contribution in [3.05, 3.63) is 12.2 Å². The van der Waals surface area contributed by atoms with Crippen LogP contribution in [-0.2, 0) is 4.74 Å². The molecule has 2 heteroatoms. The molecule has 0 fully saturated rings. The molecule has 0 amide bonds. The third-order valence-electron chi connectivity index (χ3n) is 1.84. The Morgan fingerprint density at radius 1 is 1.50 bits per heavy atom. The highest BCUT2D eigenvalue weighted by Gasteiger charge is 2.10. The van der Waals surface area contributed by atoms with Gasteiger partial charge < -0.3 is 10.5 Å². The Hall–Kier alpha value is -0.340. The summed E-state index contributed by atoms with van der Waals surface area (Å²) in [6.45, 7) is 11.4. The van der Waals surface area contributed by atoms with E-state index in [-0.39, 0.29) is 6.10 Å². The van der Waals surface area contributed by atoms with E-state index in [0.29, 0.717) is 12.5 Å². The van der Waals surface area contributed by atoms with Gasteiger partial charge in [0.15, 0.2) is 0 Å². The molecule has 0 aliphatic carbocycles. The van der Waals surface area contributed by atoms with Gasteiger partial charge in [-0.05, 0) is 19.3 Å². The van der Waals surface area contributed by atoms with Crippen LogP contribution in [0.15, 0.2) is 12.2 Å². The third-order valence-corrected chi connectivity index (χ3v) is 1.84. The van der Waals surface area contributed by atoms with Crippen molar-refractivity contribution in [2.75, 3.05) is 13.2 Å². The van der Waals surface area contributed by atoms with Crippen LogP contribution < -0.4 is 5.73 Å². The summed E-state index contributed by atoms with van der Waals surface area (Å²) in [5.74, 6) is 0.500. The minimum Gasteiger partial charge on any atom is -0.376 e. The molecule has 0 spiro atoms. The number of nitrogens with two attached hydrogens (primary N) is 1. The van der Waals surface area contributed by atoms with Gasteiger partial charge in [-0.2, -0.15) is 0 Å². The van der Waals surface area contributed by atoms with Crippen LogP contribution in [0.4, 0.5) is 0 Å². The Labute approximate surface area is 75.8 Å². The van der Waals surface area contributed by atoms with E-state index < -0.39 is 0 Å². The Balaban J connectivity index is 3.51.